The number of nitrogens with one attached hydrogen (secondary N) is 1. The van der Waals surface area contributed by atoms with Crippen LogP contribution < -0.4 is 9.46 Å². The van der Waals surface area contributed by atoms with Gasteiger partial charge in [-0.15, -0.1) is 0 Å². The van der Waals surface area contributed by atoms with Crippen LogP contribution in [-0.4, -0.2) is 27.6 Å². The summed E-state index contributed by atoms with van der Waals surface area (Å²) in [6.07, 6.45) is 0. The maximum absolute atomic E-state index is 13.2. The fourth-order valence-electron chi connectivity index (χ4n) is 1.89. The summed E-state index contributed by atoms with van der Waals surface area (Å²) in [7, 11) is -4.19. The van der Waals surface area contributed by atoms with E-state index in [1.54, 1.807) is 6.92 Å². The van der Waals surface area contributed by atoms with Crippen molar-refractivity contribution in [2.75, 3.05) is 17.9 Å². The lowest BCUT2D eigenvalue weighted by molar-refractivity contribution is -0.145. The fraction of sp³-hybridized carbons (Fsp3) is 0.188. The minimum Gasteiger partial charge on any atom is -0.482 e. The monoisotopic (exact) mass is 371 g/mol. The Balaban J connectivity index is 2.14. The van der Waals surface area contributed by atoms with Crippen molar-refractivity contribution in [3.05, 3.63) is 54.1 Å². The van der Waals surface area contributed by atoms with Gasteiger partial charge in [0.25, 0.3) is 10.0 Å². The highest BCUT2D eigenvalue weighted by Crippen LogP contribution is 2.22. The van der Waals surface area contributed by atoms with Crippen LogP contribution in [0.25, 0.3) is 0 Å². The van der Waals surface area contributed by atoms with Crippen LogP contribution in [0, 0.1) is 11.6 Å². The van der Waals surface area contributed by atoms with Crippen LogP contribution in [0.1, 0.15) is 6.92 Å². The average molecular weight is 371 g/mol. The van der Waals surface area contributed by atoms with Crippen molar-refractivity contribution in [2.24, 2.45) is 0 Å². The molecule has 2 aromatic carbocycles. The summed E-state index contributed by atoms with van der Waals surface area (Å²) in [6.45, 7) is 1.54. The minimum atomic E-state index is -4.19. The molecule has 0 saturated heterocycles. The molecule has 0 radical (unpaired) electrons. The zero-order chi connectivity index (χ0) is 18.4. The van der Waals surface area contributed by atoms with E-state index in [2.05, 4.69) is 4.72 Å². The Hall–Kier alpha value is -2.68. The molecule has 25 heavy (non-hydrogen) atoms. The van der Waals surface area contributed by atoms with E-state index in [-0.39, 0.29) is 24.7 Å². The number of ether oxygens (including phenoxy) is 2. The van der Waals surface area contributed by atoms with E-state index in [9.17, 15) is 22.0 Å². The maximum Gasteiger partial charge on any atom is 0.344 e. The van der Waals surface area contributed by atoms with E-state index in [0.717, 1.165) is 0 Å². The molecule has 6 nitrogen and oxygen atoms in total. The van der Waals surface area contributed by atoms with Crippen molar-refractivity contribution in [1.29, 1.82) is 0 Å². The second-order valence-electron chi connectivity index (χ2n) is 4.83. The van der Waals surface area contributed by atoms with E-state index < -0.39 is 32.5 Å². The predicted molar refractivity (Wildman–Crippen MR) is 85.7 cm³/mol. The van der Waals surface area contributed by atoms with Gasteiger partial charge in [-0.25, -0.2) is 22.0 Å². The standard InChI is InChI=1S/C16H15F2NO5S/c1-2-23-16(20)10-24-14-5-3-4-13(9-14)19-25(21,22)15-7-11(17)6-12(18)8-15/h3-9,19H,2,10H2,1H3. The molecule has 0 aliphatic rings. The van der Waals surface area contributed by atoms with Crippen LogP contribution in [0.4, 0.5) is 14.5 Å². The van der Waals surface area contributed by atoms with Crippen molar-refractivity contribution < 1.29 is 31.5 Å². The summed E-state index contributed by atoms with van der Waals surface area (Å²) < 4.78 is 62.9. The van der Waals surface area contributed by atoms with Gasteiger partial charge in [0.05, 0.1) is 17.2 Å². The van der Waals surface area contributed by atoms with Gasteiger partial charge in [0, 0.05) is 12.1 Å². The third kappa shape index (κ3) is 5.42. The number of halogens is 2. The maximum atomic E-state index is 13.2. The van der Waals surface area contributed by atoms with Gasteiger partial charge in [0.1, 0.15) is 17.4 Å². The third-order valence-electron chi connectivity index (χ3n) is 2.89. The Morgan fingerprint density at radius 1 is 1.12 bits per heavy atom. The van der Waals surface area contributed by atoms with Gasteiger partial charge >= 0.3 is 5.97 Å². The van der Waals surface area contributed by atoms with Crippen molar-refractivity contribution in [1.82, 2.24) is 0 Å². The number of esters is 1. The van der Waals surface area contributed by atoms with E-state index in [1.807, 2.05) is 0 Å². The second-order valence-corrected chi connectivity index (χ2v) is 6.51. The molecule has 0 fully saturated rings. The number of carbonyl (C=O) groups is 1. The first-order valence-corrected chi connectivity index (χ1v) is 8.66. The Morgan fingerprint density at radius 2 is 1.80 bits per heavy atom. The second kappa shape index (κ2) is 7.93. The highest BCUT2D eigenvalue weighted by Gasteiger charge is 2.17. The van der Waals surface area contributed by atoms with Crippen LogP contribution in [-0.2, 0) is 19.6 Å². The number of anilines is 1. The molecule has 0 heterocycles. The molecule has 0 aromatic heterocycles. The Kier molecular flexibility index (Phi) is 5.92. The van der Waals surface area contributed by atoms with Gasteiger partial charge in [-0.3, -0.25) is 4.72 Å². The first-order chi connectivity index (χ1) is 11.8. The Labute approximate surface area is 143 Å². The van der Waals surface area contributed by atoms with Gasteiger partial charge in [-0.1, -0.05) is 6.07 Å². The quantitative estimate of drug-likeness (QED) is 0.757. The predicted octanol–water partition coefficient (Wildman–Crippen LogP) is 2.71. The molecule has 0 atom stereocenters. The molecule has 9 heteroatoms. The lowest BCUT2D eigenvalue weighted by atomic mass is 10.3. The molecule has 0 unspecified atom stereocenters. The Bertz CT molecular complexity index is 850. The molecule has 0 amide bonds. The van der Waals surface area contributed by atoms with Crippen molar-refractivity contribution in [2.45, 2.75) is 11.8 Å². The van der Waals surface area contributed by atoms with Crippen LogP contribution >= 0.6 is 0 Å². The summed E-state index contributed by atoms with van der Waals surface area (Å²) in [5.41, 5.74) is 0.103. The normalized spacial score (nSPS) is 11.0. The summed E-state index contributed by atoms with van der Waals surface area (Å²) >= 11 is 0. The SMILES string of the molecule is CCOC(=O)COc1cccc(NS(=O)(=O)c2cc(F)cc(F)c2)c1. The summed E-state index contributed by atoms with van der Waals surface area (Å²) in [5, 5.41) is 0. The van der Waals surface area contributed by atoms with E-state index in [0.29, 0.717) is 18.2 Å². The summed E-state index contributed by atoms with van der Waals surface area (Å²) in [6, 6.07) is 7.72. The molecule has 2 aromatic rings. The van der Waals surface area contributed by atoms with Gasteiger partial charge in [0.2, 0.25) is 0 Å². The number of benzene rings is 2. The van der Waals surface area contributed by atoms with Crippen molar-refractivity contribution in [3.63, 3.8) is 0 Å². The zero-order valence-corrected chi connectivity index (χ0v) is 14.0. The minimum absolute atomic E-state index is 0.103. The topological polar surface area (TPSA) is 81.7 Å². The molecule has 2 rings (SSSR count). The van der Waals surface area contributed by atoms with Crippen molar-refractivity contribution >= 4 is 21.7 Å². The lowest BCUT2D eigenvalue weighted by Gasteiger charge is -2.10. The first kappa shape index (κ1) is 18.7. The van der Waals surface area contributed by atoms with Crippen LogP contribution in [0.5, 0.6) is 5.75 Å². The molecular formula is C16H15F2NO5S. The molecule has 0 bridgehead atoms. The zero-order valence-electron chi connectivity index (χ0n) is 13.2. The largest absolute Gasteiger partial charge is 0.482 e. The molecule has 134 valence electrons. The summed E-state index contributed by atoms with van der Waals surface area (Å²) in [5.74, 6) is -2.36. The molecular weight excluding hydrogens is 356 g/mol. The van der Waals surface area contributed by atoms with Gasteiger partial charge in [-0.2, -0.15) is 0 Å². The first-order valence-electron chi connectivity index (χ1n) is 7.17. The summed E-state index contributed by atoms with van der Waals surface area (Å²) in [4.78, 5) is 10.7. The third-order valence-corrected chi connectivity index (χ3v) is 4.26. The number of hydrogen-bond donors (Lipinski definition) is 1. The number of carbonyl (C=O) groups excluding carboxylic acids is 1. The van der Waals surface area contributed by atoms with E-state index in [1.165, 1.54) is 24.3 Å². The van der Waals surface area contributed by atoms with Crippen LogP contribution in [0.15, 0.2) is 47.4 Å². The molecule has 1 N–H and O–H groups in total. The number of hydrogen-bond acceptors (Lipinski definition) is 5. The molecule has 0 aliphatic carbocycles. The van der Waals surface area contributed by atoms with Gasteiger partial charge < -0.3 is 9.47 Å². The molecule has 0 aliphatic heterocycles. The van der Waals surface area contributed by atoms with Crippen molar-refractivity contribution in [3.8, 4) is 5.75 Å². The lowest BCUT2D eigenvalue weighted by Crippen LogP contribution is -2.15. The van der Waals surface area contributed by atoms with E-state index >= 15 is 0 Å². The van der Waals surface area contributed by atoms with E-state index in [4.69, 9.17) is 9.47 Å². The number of rotatable bonds is 7. The van der Waals surface area contributed by atoms with Gasteiger partial charge in [0.15, 0.2) is 6.61 Å². The van der Waals surface area contributed by atoms with Crippen LogP contribution in [0.3, 0.4) is 0 Å². The molecule has 0 spiro atoms. The number of sulfonamides is 1. The fourth-order valence-corrected chi connectivity index (χ4v) is 2.98. The highest BCUT2D eigenvalue weighted by molar-refractivity contribution is 7.92. The molecule has 0 saturated carbocycles. The average Bonchev–Trinajstić information content (AvgIpc) is 2.52. The van der Waals surface area contributed by atoms with Gasteiger partial charge in [-0.05, 0) is 31.2 Å². The Morgan fingerprint density at radius 3 is 2.44 bits per heavy atom. The van der Waals surface area contributed by atoms with Crippen LogP contribution in [0.2, 0.25) is 0 Å². The smallest absolute Gasteiger partial charge is 0.344 e. The highest BCUT2D eigenvalue weighted by atomic mass is 32.2.